The van der Waals surface area contributed by atoms with Crippen molar-refractivity contribution in [2.75, 3.05) is 31.2 Å². The Kier molecular flexibility index (Phi) is 7.57. The zero-order chi connectivity index (χ0) is 20.7. The van der Waals surface area contributed by atoms with E-state index in [9.17, 15) is 13.2 Å². The molecule has 0 unspecified atom stereocenters. The van der Waals surface area contributed by atoms with Crippen LogP contribution in [0, 0.1) is 5.92 Å². The van der Waals surface area contributed by atoms with Gasteiger partial charge in [-0.3, -0.25) is 0 Å². The molecular formula is C21H27N3O3S2. The minimum absolute atomic E-state index is 0.215. The van der Waals surface area contributed by atoms with Gasteiger partial charge in [-0.15, -0.1) is 11.8 Å². The predicted molar refractivity (Wildman–Crippen MR) is 118 cm³/mol. The minimum atomic E-state index is -3.41. The van der Waals surface area contributed by atoms with Gasteiger partial charge >= 0.3 is 6.03 Å². The molecule has 2 amide bonds. The third-order valence-corrected chi connectivity index (χ3v) is 7.76. The number of hydrogen-bond donors (Lipinski definition) is 2. The van der Waals surface area contributed by atoms with Crippen LogP contribution in [0.1, 0.15) is 19.3 Å². The van der Waals surface area contributed by atoms with E-state index in [-0.39, 0.29) is 6.03 Å². The van der Waals surface area contributed by atoms with Crippen molar-refractivity contribution in [1.82, 2.24) is 9.62 Å². The van der Waals surface area contributed by atoms with Gasteiger partial charge in [0.15, 0.2) is 0 Å². The van der Waals surface area contributed by atoms with Crippen molar-refractivity contribution in [2.24, 2.45) is 5.92 Å². The average Bonchev–Trinajstić information content (AvgIpc) is 2.75. The van der Waals surface area contributed by atoms with Gasteiger partial charge in [0.25, 0.3) is 0 Å². The van der Waals surface area contributed by atoms with Crippen molar-refractivity contribution in [1.29, 1.82) is 0 Å². The SMILES string of the molecule is CSc1cccc(NC(=O)NCCC2CCN(S(=O)(=O)c3ccccc3)CC2)c1. The van der Waals surface area contributed by atoms with Crippen LogP contribution < -0.4 is 10.6 Å². The van der Waals surface area contributed by atoms with E-state index in [1.807, 2.05) is 36.6 Å². The van der Waals surface area contributed by atoms with Crippen molar-refractivity contribution in [3.63, 3.8) is 0 Å². The van der Waals surface area contributed by atoms with Gasteiger partial charge in [-0.25, -0.2) is 13.2 Å². The summed E-state index contributed by atoms with van der Waals surface area (Å²) in [5.41, 5.74) is 0.772. The van der Waals surface area contributed by atoms with E-state index in [1.165, 1.54) is 0 Å². The fourth-order valence-electron chi connectivity index (χ4n) is 3.45. The lowest BCUT2D eigenvalue weighted by atomic mass is 9.95. The number of piperidine rings is 1. The zero-order valence-electron chi connectivity index (χ0n) is 16.5. The number of carbonyl (C=O) groups is 1. The molecule has 2 N–H and O–H groups in total. The lowest BCUT2D eigenvalue weighted by Gasteiger charge is -2.31. The van der Waals surface area contributed by atoms with Gasteiger partial charge in [-0.05, 0) is 61.8 Å². The third kappa shape index (κ3) is 5.98. The number of nitrogens with one attached hydrogen (secondary N) is 2. The van der Waals surface area contributed by atoms with Crippen LogP contribution in [-0.4, -0.2) is 44.6 Å². The summed E-state index contributed by atoms with van der Waals surface area (Å²) in [7, 11) is -3.41. The van der Waals surface area contributed by atoms with E-state index >= 15 is 0 Å². The molecule has 29 heavy (non-hydrogen) atoms. The highest BCUT2D eigenvalue weighted by atomic mass is 32.2. The van der Waals surface area contributed by atoms with Gasteiger partial charge in [0.2, 0.25) is 10.0 Å². The number of urea groups is 1. The van der Waals surface area contributed by atoms with E-state index in [4.69, 9.17) is 0 Å². The van der Waals surface area contributed by atoms with Gasteiger partial charge in [0.05, 0.1) is 4.90 Å². The molecule has 2 aromatic rings. The molecule has 156 valence electrons. The number of benzene rings is 2. The monoisotopic (exact) mass is 433 g/mol. The topological polar surface area (TPSA) is 78.5 Å². The highest BCUT2D eigenvalue weighted by molar-refractivity contribution is 7.98. The molecule has 1 aliphatic heterocycles. The number of thioether (sulfide) groups is 1. The van der Waals surface area contributed by atoms with Crippen molar-refractivity contribution in [3.8, 4) is 0 Å². The van der Waals surface area contributed by atoms with Gasteiger partial charge in [0.1, 0.15) is 0 Å². The second-order valence-electron chi connectivity index (χ2n) is 7.06. The third-order valence-electron chi connectivity index (χ3n) is 5.12. The molecule has 0 aromatic heterocycles. The first-order valence-electron chi connectivity index (χ1n) is 9.73. The number of carbonyl (C=O) groups excluding carboxylic acids is 1. The molecule has 0 atom stereocenters. The molecule has 1 fully saturated rings. The van der Waals surface area contributed by atoms with Crippen LogP contribution in [0.25, 0.3) is 0 Å². The highest BCUT2D eigenvalue weighted by Gasteiger charge is 2.29. The number of hydrogen-bond acceptors (Lipinski definition) is 4. The molecule has 2 aromatic carbocycles. The van der Waals surface area contributed by atoms with E-state index in [2.05, 4.69) is 10.6 Å². The minimum Gasteiger partial charge on any atom is -0.338 e. The Morgan fingerprint density at radius 1 is 1.10 bits per heavy atom. The van der Waals surface area contributed by atoms with Crippen molar-refractivity contribution in [3.05, 3.63) is 54.6 Å². The largest absolute Gasteiger partial charge is 0.338 e. The molecular weight excluding hydrogens is 406 g/mol. The Morgan fingerprint density at radius 3 is 2.52 bits per heavy atom. The first-order chi connectivity index (χ1) is 14.0. The molecule has 1 heterocycles. The Hall–Kier alpha value is -2.03. The van der Waals surface area contributed by atoms with E-state index in [1.54, 1.807) is 40.3 Å². The van der Waals surface area contributed by atoms with Crippen molar-refractivity contribution >= 4 is 33.5 Å². The Labute approximate surface area is 177 Å². The first kappa shape index (κ1) is 21.7. The fourth-order valence-corrected chi connectivity index (χ4v) is 5.40. The second kappa shape index (κ2) is 10.1. The van der Waals surface area contributed by atoms with E-state index < -0.39 is 10.0 Å². The second-order valence-corrected chi connectivity index (χ2v) is 9.88. The summed E-state index contributed by atoms with van der Waals surface area (Å²) < 4.78 is 26.9. The fraction of sp³-hybridized carbons (Fsp3) is 0.381. The Morgan fingerprint density at radius 2 is 1.83 bits per heavy atom. The van der Waals surface area contributed by atoms with Crippen LogP contribution in [-0.2, 0) is 10.0 Å². The van der Waals surface area contributed by atoms with Gasteiger partial charge < -0.3 is 10.6 Å². The molecule has 6 nitrogen and oxygen atoms in total. The Bertz CT molecular complexity index is 912. The summed E-state index contributed by atoms with van der Waals surface area (Å²) >= 11 is 1.63. The predicted octanol–water partition coefficient (Wildman–Crippen LogP) is 4.02. The Balaban J connectivity index is 1.40. The number of rotatable bonds is 7. The van der Waals surface area contributed by atoms with E-state index in [0.717, 1.165) is 29.8 Å². The number of anilines is 1. The average molecular weight is 434 g/mol. The highest BCUT2D eigenvalue weighted by Crippen LogP contribution is 2.25. The van der Waals surface area contributed by atoms with Crippen LogP contribution in [0.15, 0.2) is 64.4 Å². The van der Waals surface area contributed by atoms with Gasteiger partial charge in [0, 0.05) is 30.2 Å². The zero-order valence-corrected chi connectivity index (χ0v) is 18.1. The number of nitrogens with zero attached hydrogens (tertiary/aromatic N) is 1. The van der Waals surface area contributed by atoms with Gasteiger partial charge in [-0.2, -0.15) is 4.31 Å². The van der Waals surface area contributed by atoms with Crippen LogP contribution in [0.3, 0.4) is 0 Å². The molecule has 8 heteroatoms. The summed E-state index contributed by atoms with van der Waals surface area (Å²) in [6, 6.07) is 16.1. The molecule has 1 aliphatic rings. The summed E-state index contributed by atoms with van der Waals surface area (Å²) in [5.74, 6) is 0.414. The lowest BCUT2D eigenvalue weighted by molar-refractivity contribution is 0.245. The summed E-state index contributed by atoms with van der Waals surface area (Å²) in [4.78, 5) is 13.5. The summed E-state index contributed by atoms with van der Waals surface area (Å²) in [6.07, 6.45) is 4.46. The molecule has 0 radical (unpaired) electrons. The van der Waals surface area contributed by atoms with Crippen molar-refractivity contribution < 1.29 is 13.2 Å². The van der Waals surface area contributed by atoms with Crippen molar-refractivity contribution in [2.45, 2.75) is 29.1 Å². The maximum atomic E-state index is 12.7. The molecule has 0 spiro atoms. The maximum absolute atomic E-state index is 12.7. The van der Waals surface area contributed by atoms with Crippen LogP contribution in [0.2, 0.25) is 0 Å². The molecule has 0 aliphatic carbocycles. The smallest absolute Gasteiger partial charge is 0.319 e. The standard InChI is InChI=1S/C21H27N3O3S2/c1-28-19-7-5-6-18(16-19)23-21(25)22-13-10-17-11-14-24(15-12-17)29(26,27)20-8-3-2-4-9-20/h2-9,16-17H,10-15H2,1H3,(H2,22,23,25). The lowest BCUT2D eigenvalue weighted by Crippen LogP contribution is -2.39. The quantitative estimate of drug-likeness (QED) is 0.647. The molecule has 0 saturated carbocycles. The van der Waals surface area contributed by atoms with Crippen LogP contribution in [0.4, 0.5) is 10.5 Å². The first-order valence-corrected chi connectivity index (χ1v) is 12.4. The van der Waals surface area contributed by atoms with Crippen LogP contribution >= 0.6 is 11.8 Å². The summed E-state index contributed by atoms with van der Waals surface area (Å²) in [6.45, 7) is 1.62. The maximum Gasteiger partial charge on any atom is 0.319 e. The molecule has 0 bridgehead atoms. The van der Waals surface area contributed by atoms with Crippen LogP contribution in [0.5, 0.6) is 0 Å². The number of sulfonamides is 1. The van der Waals surface area contributed by atoms with Gasteiger partial charge in [-0.1, -0.05) is 24.3 Å². The molecule has 1 saturated heterocycles. The molecule has 3 rings (SSSR count). The normalized spacial score (nSPS) is 15.8. The van der Waals surface area contributed by atoms with E-state index in [0.29, 0.717) is 30.4 Å². The number of amides is 2. The summed E-state index contributed by atoms with van der Waals surface area (Å²) in [5, 5.41) is 5.74.